The smallest absolute Gasteiger partial charge is 0.0399 e. The predicted octanol–water partition coefficient (Wildman–Crippen LogP) is 2.13. The zero-order valence-corrected chi connectivity index (χ0v) is 10.5. The van der Waals surface area contributed by atoms with Crippen LogP contribution in [-0.4, -0.2) is 31.1 Å². The van der Waals surface area contributed by atoms with E-state index in [4.69, 9.17) is 5.73 Å². The fraction of sp³-hybridized carbons (Fsp3) is 0.538. The average molecular weight is 236 g/mol. The fourth-order valence-electron chi connectivity index (χ4n) is 2.17. The molecule has 1 aliphatic heterocycles. The number of rotatable bonds is 3. The molecule has 1 heterocycles. The monoisotopic (exact) mass is 236 g/mol. The Morgan fingerprint density at radius 2 is 2.06 bits per heavy atom. The molecule has 0 spiro atoms. The Bertz CT molecular complexity index is 319. The van der Waals surface area contributed by atoms with Gasteiger partial charge < -0.3 is 10.6 Å². The van der Waals surface area contributed by atoms with Crippen LogP contribution < -0.4 is 10.6 Å². The van der Waals surface area contributed by atoms with Crippen LogP contribution in [0.15, 0.2) is 24.3 Å². The first-order chi connectivity index (χ1) is 7.92. The Morgan fingerprint density at radius 3 is 2.94 bits per heavy atom. The van der Waals surface area contributed by atoms with Gasteiger partial charge in [0.05, 0.1) is 0 Å². The van der Waals surface area contributed by atoms with Crippen molar-refractivity contribution in [3.05, 3.63) is 29.8 Å². The summed E-state index contributed by atoms with van der Waals surface area (Å²) in [7, 11) is 0. The Morgan fingerprint density at radius 1 is 1.19 bits per heavy atom. The topological polar surface area (TPSA) is 29.3 Å². The number of thioether (sulfide) groups is 1. The SMILES string of the molecule is NCCc1ccccc1N1CCCSCC1. The molecule has 1 saturated heterocycles. The van der Waals surface area contributed by atoms with Crippen molar-refractivity contribution in [2.45, 2.75) is 12.8 Å². The standard InChI is InChI=1S/C13H20N2S/c14-7-6-12-4-1-2-5-13(12)15-8-3-10-16-11-9-15/h1-2,4-5H,3,6-11,14H2. The molecule has 1 aromatic rings. The Balaban J connectivity index is 2.16. The Kier molecular flexibility index (Phi) is 4.55. The van der Waals surface area contributed by atoms with E-state index in [0.717, 1.165) is 13.0 Å². The van der Waals surface area contributed by atoms with E-state index in [1.165, 1.54) is 42.3 Å². The van der Waals surface area contributed by atoms with Crippen molar-refractivity contribution in [1.29, 1.82) is 0 Å². The van der Waals surface area contributed by atoms with Gasteiger partial charge in [0.1, 0.15) is 0 Å². The molecule has 1 aromatic carbocycles. The minimum Gasteiger partial charge on any atom is -0.370 e. The lowest BCUT2D eigenvalue weighted by atomic mass is 10.1. The highest BCUT2D eigenvalue weighted by Gasteiger charge is 2.12. The maximum Gasteiger partial charge on any atom is 0.0399 e. The third kappa shape index (κ3) is 2.92. The first kappa shape index (κ1) is 11.8. The molecule has 0 aromatic heterocycles. The van der Waals surface area contributed by atoms with Gasteiger partial charge in [-0.25, -0.2) is 0 Å². The van der Waals surface area contributed by atoms with Gasteiger partial charge in [-0.2, -0.15) is 11.8 Å². The van der Waals surface area contributed by atoms with E-state index in [0.29, 0.717) is 0 Å². The van der Waals surface area contributed by atoms with E-state index < -0.39 is 0 Å². The number of anilines is 1. The summed E-state index contributed by atoms with van der Waals surface area (Å²) in [6.07, 6.45) is 2.28. The summed E-state index contributed by atoms with van der Waals surface area (Å²) >= 11 is 2.07. The maximum absolute atomic E-state index is 5.67. The van der Waals surface area contributed by atoms with Crippen LogP contribution in [0.3, 0.4) is 0 Å². The van der Waals surface area contributed by atoms with Gasteiger partial charge in [0.25, 0.3) is 0 Å². The van der Waals surface area contributed by atoms with Crippen molar-refractivity contribution in [3.8, 4) is 0 Å². The van der Waals surface area contributed by atoms with E-state index >= 15 is 0 Å². The van der Waals surface area contributed by atoms with Gasteiger partial charge >= 0.3 is 0 Å². The fourth-order valence-corrected chi connectivity index (χ4v) is 3.06. The van der Waals surface area contributed by atoms with Gasteiger partial charge in [0, 0.05) is 24.5 Å². The quantitative estimate of drug-likeness (QED) is 0.872. The van der Waals surface area contributed by atoms with Crippen molar-refractivity contribution < 1.29 is 0 Å². The molecule has 0 atom stereocenters. The van der Waals surface area contributed by atoms with Crippen molar-refractivity contribution >= 4 is 17.4 Å². The summed E-state index contributed by atoms with van der Waals surface area (Å²) in [5.41, 5.74) is 8.47. The van der Waals surface area contributed by atoms with Crippen LogP contribution in [0.25, 0.3) is 0 Å². The summed E-state index contributed by atoms with van der Waals surface area (Å²) in [6, 6.07) is 8.69. The molecule has 0 amide bonds. The number of nitrogens with two attached hydrogens (primary N) is 1. The molecule has 1 aliphatic rings. The second kappa shape index (κ2) is 6.16. The molecule has 3 heteroatoms. The van der Waals surface area contributed by atoms with E-state index in [1.807, 2.05) is 0 Å². The third-order valence-corrected chi connectivity index (χ3v) is 4.02. The Labute approximate surface area is 102 Å². The lowest BCUT2D eigenvalue weighted by molar-refractivity contribution is 0.806. The molecule has 0 radical (unpaired) electrons. The third-order valence-electron chi connectivity index (χ3n) is 2.97. The number of hydrogen-bond acceptors (Lipinski definition) is 3. The molecule has 2 rings (SSSR count). The molecular weight excluding hydrogens is 216 g/mol. The first-order valence-electron chi connectivity index (χ1n) is 6.02. The highest BCUT2D eigenvalue weighted by molar-refractivity contribution is 7.99. The highest BCUT2D eigenvalue weighted by atomic mass is 32.2. The van der Waals surface area contributed by atoms with Gasteiger partial charge in [-0.05, 0) is 36.8 Å². The summed E-state index contributed by atoms with van der Waals surface area (Å²) in [4.78, 5) is 2.52. The number of nitrogens with zero attached hydrogens (tertiary/aromatic N) is 1. The zero-order valence-electron chi connectivity index (χ0n) is 9.69. The molecule has 0 bridgehead atoms. The summed E-state index contributed by atoms with van der Waals surface area (Å²) in [5.74, 6) is 2.55. The molecule has 1 fully saturated rings. The van der Waals surface area contributed by atoms with Crippen LogP contribution in [0.1, 0.15) is 12.0 Å². The molecule has 2 N–H and O–H groups in total. The van der Waals surface area contributed by atoms with E-state index in [1.54, 1.807) is 0 Å². The van der Waals surface area contributed by atoms with E-state index in [-0.39, 0.29) is 0 Å². The van der Waals surface area contributed by atoms with Crippen LogP contribution in [0.2, 0.25) is 0 Å². The molecule has 0 unspecified atom stereocenters. The summed E-state index contributed by atoms with van der Waals surface area (Å²) in [5, 5.41) is 0. The normalized spacial score (nSPS) is 17.2. The van der Waals surface area contributed by atoms with Crippen molar-refractivity contribution in [2.24, 2.45) is 5.73 Å². The molecule has 88 valence electrons. The molecule has 2 nitrogen and oxygen atoms in total. The molecule has 16 heavy (non-hydrogen) atoms. The van der Waals surface area contributed by atoms with Crippen molar-refractivity contribution in [1.82, 2.24) is 0 Å². The lowest BCUT2D eigenvalue weighted by Gasteiger charge is -2.25. The average Bonchev–Trinajstić information content (AvgIpc) is 2.59. The number of hydrogen-bond donors (Lipinski definition) is 1. The van der Waals surface area contributed by atoms with Crippen LogP contribution >= 0.6 is 11.8 Å². The van der Waals surface area contributed by atoms with Crippen LogP contribution in [0.5, 0.6) is 0 Å². The number of benzene rings is 1. The van der Waals surface area contributed by atoms with Crippen LogP contribution in [-0.2, 0) is 6.42 Å². The van der Waals surface area contributed by atoms with E-state index in [9.17, 15) is 0 Å². The maximum atomic E-state index is 5.67. The van der Waals surface area contributed by atoms with Crippen LogP contribution in [0.4, 0.5) is 5.69 Å². The predicted molar refractivity (Wildman–Crippen MR) is 73.4 cm³/mol. The van der Waals surface area contributed by atoms with Crippen molar-refractivity contribution in [3.63, 3.8) is 0 Å². The van der Waals surface area contributed by atoms with Gasteiger partial charge in [-0.15, -0.1) is 0 Å². The largest absolute Gasteiger partial charge is 0.370 e. The van der Waals surface area contributed by atoms with E-state index in [2.05, 4.69) is 40.9 Å². The molecule has 0 saturated carbocycles. The summed E-state index contributed by atoms with van der Waals surface area (Å²) < 4.78 is 0. The number of para-hydroxylation sites is 1. The van der Waals surface area contributed by atoms with Gasteiger partial charge in [-0.3, -0.25) is 0 Å². The zero-order chi connectivity index (χ0) is 11.2. The van der Waals surface area contributed by atoms with Gasteiger partial charge in [-0.1, -0.05) is 18.2 Å². The molecular formula is C13H20N2S. The van der Waals surface area contributed by atoms with Crippen LogP contribution in [0, 0.1) is 0 Å². The van der Waals surface area contributed by atoms with Gasteiger partial charge in [0.2, 0.25) is 0 Å². The lowest BCUT2D eigenvalue weighted by Crippen LogP contribution is -2.26. The summed E-state index contributed by atoms with van der Waals surface area (Å²) in [6.45, 7) is 3.10. The molecule has 0 aliphatic carbocycles. The van der Waals surface area contributed by atoms with Gasteiger partial charge in [0.15, 0.2) is 0 Å². The first-order valence-corrected chi connectivity index (χ1v) is 7.18. The minimum absolute atomic E-state index is 0.736. The Hall–Kier alpha value is -0.670. The second-order valence-electron chi connectivity index (χ2n) is 4.12. The minimum atomic E-state index is 0.736. The highest BCUT2D eigenvalue weighted by Crippen LogP contribution is 2.23. The second-order valence-corrected chi connectivity index (χ2v) is 5.35. The van der Waals surface area contributed by atoms with Crippen molar-refractivity contribution in [2.75, 3.05) is 36.0 Å².